The molecule has 0 aliphatic carbocycles. The standard InChI is InChI=1S/C8H9BrN4S/c1-13-5-11-12-8(13)10-4-7-6(9)2-3-14-7/h2-3,5H,4H2,1H3,(H,10,12). The molecule has 2 rings (SSSR count). The zero-order valence-electron chi connectivity index (χ0n) is 7.57. The Morgan fingerprint density at radius 2 is 2.50 bits per heavy atom. The molecule has 0 bridgehead atoms. The minimum Gasteiger partial charge on any atom is -0.349 e. The van der Waals surface area contributed by atoms with Gasteiger partial charge in [-0.05, 0) is 27.4 Å². The second-order valence-electron chi connectivity index (χ2n) is 2.81. The fourth-order valence-corrected chi connectivity index (χ4v) is 2.49. The van der Waals surface area contributed by atoms with E-state index in [1.54, 1.807) is 17.7 Å². The summed E-state index contributed by atoms with van der Waals surface area (Å²) in [6, 6.07) is 2.04. The SMILES string of the molecule is Cn1cnnc1NCc1sccc1Br. The summed E-state index contributed by atoms with van der Waals surface area (Å²) in [6.07, 6.45) is 1.67. The molecule has 0 unspecified atom stereocenters. The van der Waals surface area contributed by atoms with Gasteiger partial charge in [-0.3, -0.25) is 0 Å². The summed E-state index contributed by atoms with van der Waals surface area (Å²) < 4.78 is 2.98. The predicted molar refractivity (Wildman–Crippen MR) is 60.3 cm³/mol. The fraction of sp³-hybridized carbons (Fsp3) is 0.250. The normalized spacial score (nSPS) is 10.4. The number of aromatic nitrogens is 3. The number of hydrogen-bond donors (Lipinski definition) is 1. The summed E-state index contributed by atoms with van der Waals surface area (Å²) in [6.45, 7) is 0.769. The molecule has 0 amide bonds. The summed E-state index contributed by atoms with van der Waals surface area (Å²) >= 11 is 5.19. The Bertz CT molecular complexity index is 382. The molecule has 0 saturated heterocycles. The van der Waals surface area contributed by atoms with E-state index in [1.165, 1.54) is 4.88 Å². The van der Waals surface area contributed by atoms with Gasteiger partial charge in [0.1, 0.15) is 6.33 Å². The largest absolute Gasteiger partial charge is 0.349 e. The minimum atomic E-state index is 0.769. The molecule has 0 spiro atoms. The van der Waals surface area contributed by atoms with E-state index in [0.717, 1.165) is 17.0 Å². The summed E-state index contributed by atoms with van der Waals surface area (Å²) in [5.74, 6) is 0.783. The quantitative estimate of drug-likeness (QED) is 0.932. The Balaban J connectivity index is 2.02. The maximum Gasteiger partial charge on any atom is 0.224 e. The smallest absolute Gasteiger partial charge is 0.224 e. The van der Waals surface area contributed by atoms with Gasteiger partial charge in [0.15, 0.2) is 0 Å². The third-order valence-electron chi connectivity index (χ3n) is 1.81. The molecule has 0 saturated carbocycles. The van der Waals surface area contributed by atoms with Crippen molar-refractivity contribution in [2.24, 2.45) is 7.05 Å². The highest BCUT2D eigenvalue weighted by molar-refractivity contribution is 9.10. The van der Waals surface area contributed by atoms with Gasteiger partial charge in [-0.25, -0.2) is 0 Å². The second kappa shape index (κ2) is 4.10. The molecular weight excluding hydrogens is 264 g/mol. The number of nitrogens with zero attached hydrogens (tertiary/aromatic N) is 3. The maximum absolute atomic E-state index is 3.94. The average molecular weight is 273 g/mol. The molecular formula is C8H9BrN4S. The topological polar surface area (TPSA) is 42.7 Å². The van der Waals surface area contributed by atoms with Crippen molar-refractivity contribution in [2.45, 2.75) is 6.54 Å². The molecule has 14 heavy (non-hydrogen) atoms. The molecule has 0 aliphatic heterocycles. The molecule has 0 atom stereocenters. The monoisotopic (exact) mass is 272 g/mol. The number of rotatable bonds is 3. The van der Waals surface area contributed by atoms with Crippen molar-refractivity contribution in [1.82, 2.24) is 14.8 Å². The zero-order chi connectivity index (χ0) is 9.97. The van der Waals surface area contributed by atoms with E-state index in [-0.39, 0.29) is 0 Å². The van der Waals surface area contributed by atoms with Crippen LogP contribution in [0.4, 0.5) is 5.95 Å². The predicted octanol–water partition coefficient (Wildman–Crippen LogP) is 2.25. The first-order valence-corrected chi connectivity index (χ1v) is 5.74. The fourth-order valence-electron chi connectivity index (χ4n) is 1.05. The third kappa shape index (κ3) is 1.96. The van der Waals surface area contributed by atoms with E-state index in [1.807, 2.05) is 17.7 Å². The molecule has 0 aliphatic rings. The number of thiophene rings is 1. The molecule has 2 aromatic rings. The molecule has 4 nitrogen and oxygen atoms in total. The Morgan fingerprint density at radius 1 is 1.64 bits per heavy atom. The van der Waals surface area contributed by atoms with Gasteiger partial charge in [0.05, 0.1) is 6.54 Å². The lowest BCUT2D eigenvalue weighted by atomic mass is 10.5. The van der Waals surface area contributed by atoms with Gasteiger partial charge in [0, 0.05) is 16.4 Å². The van der Waals surface area contributed by atoms with Crippen LogP contribution in [0.25, 0.3) is 0 Å². The summed E-state index contributed by atoms with van der Waals surface area (Å²) in [7, 11) is 1.91. The van der Waals surface area contributed by atoms with Crippen molar-refractivity contribution >= 4 is 33.2 Å². The van der Waals surface area contributed by atoms with Gasteiger partial charge in [0.25, 0.3) is 0 Å². The molecule has 1 N–H and O–H groups in total. The molecule has 2 heterocycles. The number of hydrogen-bond acceptors (Lipinski definition) is 4. The van der Waals surface area contributed by atoms with Crippen molar-refractivity contribution in [3.63, 3.8) is 0 Å². The van der Waals surface area contributed by atoms with Gasteiger partial charge in [-0.1, -0.05) is 0 Å². The van der Waals surface area contributed by atoms with Gasteiger partial charge in [0.2, 0.25) is 5.95 Å². The molecule has 0 aromatic carbocycles. The Kier molecular flexibility index (Phi) is 2.83. The van der Waals surface area contributed by atoms with Crippen LogP contribution in [-0.4, -0.2) is 14.8 Å². The van der Waals surface area contributed by atoms with Gasteiger partial charge >= 0.3 is 0 Å². The number of nitrogens with one attached hydrogen (secondary N) is 1. The van der Waals surface area contributed by atoms with Crippen LogP contribution in [0.1, 0.15) is 4.88 Å². The van der Waals surface area contributed by atoms with Gasteiger partial charge in [-0.15, -0.1) is 21.5 Å². The van der Waals surface area contributed by atoms with Crippen LogP contribution in [0.15, 0.2) is 22.2 Å². The third-order valence-corrected chi connectivity index (χ3v) is 3.74. The number of halogens is 1. The molecule has 6 heteroatoms. The number of aryl methyl sites for hydroxylation is 1. The molecule has 2 aromatic heterocycles. The van der Waals surface area contributed by atoms with Crippen LogP contribution in [-0.2, 0) is 13.6 Å². The van der Waals surface area contributed by atoms with E-state index >= 15 is 0 Å². The van der Waals surface area contributed by atoms with Crippen LogP contribution in [0.3, 0.4) is 0 Å². The number of anilines is 1. The highest BCUT2D eigenvalue weighted by atomic mass is 79.9. The van der Waals surface area contributed by atoms with Gasteiger partial charge < -0.3 is 9.88 Å². The summed E-state index contributed by atoms with van der Waals surface area (Å²) in [5, 5.41) is 13.0. The first-order valence-electron chi connectivity index (χ1n) is 4.07. The maximum atomic E-state index is 3.94. The van der Waals surface area contributed by atoms with Gasteiger partial charge in [-0.2, -0.15) is 0 Å². The van der Waals surface area contributed by atoms with Crippen LogP contribution in [0, 0.1) is 0 Å². The van der Waals surface area contributed by atoms with Crippen molar-refractivity contribution in [3.8, 4) is 0 Å². The van der Waals surface area contributed by atoms with E-state index in [9.17, 15) is 0 Å². The molecule has 0 fully saturated rings. The van der Waals surface area contributed by atoms with E-state index in [0.29, 0.717) is 0 Å². The second-order valence-corrected chi connectivity index (χ2v) is 4.67. The van der Waals surface area contributed by atoms with Crippen LogP contribution in [0.2, 0.25) is 0 Å². The first-order chi connectivity index (χ1) is 6.77. The molecule has 0 radical (unpaired) electrons. The lowest BCUT2D eigenvalue weighted by molar-refractivity contribution is 0.900. The van der Waals surface area contributed by atoms with E-state index in [4.69, 9.17) is 0 Å². The lowest BCUT2D eigenvalue weighted by Gasteiger charge is -2.03. The van der Waals surface area contributed by atoms with Crippen LogP contribution >= 0.6 is 27.3 Å². The average Bonchev–Trinajstić information content (AvgIpc) is 2.72. The Labute approximate surface area is 94.1 Å². The minimum absolute atomic E-state index is 0.769. The van der Waals surface area contributed by atoms with E-state index in [2.05, 4.69) is 36.8 Å². The van der Waals surface area contributed by atoms with Crippen molar-refractivity contribution < 1.29 is 0 Å². The highest BCUT2D eigenvalue weighted by Crippen LogP contribution is 2.23. The lowest BCUT2D eigenvalue weighted by Crippen LogP contribution is -2.03. The van der Waals surface area contributed by atoms with Crippen LogP contribution < -0.4 is 5.32 Å². The summed E-state index contributed by atoms with van der Waals surface area (Å²) in [4.78, 5) is 1.26. The van der Waals surface area contributed by atoms with E-state index < -0.39 is 0 Å². The Morgan fingerprint density at radius 3 is 3.07 bits per heavy atom. The first kappa shape index (κ1) is 9.67. The van der Waals surface area contributed by atoms with Crippen molar-refractivity contribution in [2.75, 3.05) is 5.32 Å². The molecule has 74 valence electrons. The highest BCUT2D eigenvalue weighted by Gasteiger charge is 2.03. The van der Waals surface area contributed by atoms with Crippen molar-refractivity contribution in [3.05, 3.63) is 27.1 Å². The van der Waals surface area contributed by atoms with Crippen LogP contribution in [0.5, 0.6) is 0 Å². The summed E-state index contributed by atoms with van der Waals surface area (Å²) in [5.41, 5.74) is 0. The van der Waals surface area contributed by atoms with Crippen molar-refractivity contribution in [1.29, 1.82) is 0 Å². The zero-order valence-corrected chi connectivity index (χ0v) is 9.97. The Hall–Kier alpha value is -0.880.